The fourth-order valence-electron chi connectivity index (χ4n) is 1.74. The molecule has 0 aliphatic heterocycles. The molecule has 0 aliphatic carbocycles. The normalized spacial score (nSPS) is 10.6. The zero-order valence-corrected chi connectivity index (χ0v) is 9.22. The van der Waals surface area contributed by atoms with Gasteiger partial charge in [-0.1, -0.05) is 12.1 Å². The predicted molar refractivity (Wildman–Crippen MR) is 63.1 cm³/mol. The summed E-state index contributed by atoms with van der Waals surface area (Å²) >= 11 is 0. The van der Waals surface area contributed by atoms with Gasteiger partial charge in [-0.05, 0) is 18.7 Å². The molecule has 16 heavy (non-hydrogen) atoms. The Balaban J connectivity index is 2.41. The standard InChI is InChI=1S/C12H15N3O/c1-15-11(8-14-12(15)5-6-13)9-3-2-4-10(16)7-9/h2-4,7-8,16H,5-6,13H2,1H3. The molecule has 84 valence electrons. The van der Waals surface area contributed by atoms with Crippen LogP contribution in [0.5, 0.6) is 5.75 Å². The third-order valence-electron chi connectivity index (χ3n) is 2.59. The molecule has 4 nitrogen and oxygen atoms in total. The summed E-state index contributed by atoms with van der Waals surface area (Å²) < 4.78 is 2.00. The van der Waals surface area contributed by atoms with Gasteiger partial charge in [-0.2, -0.15) is 0 Å². The van der Waals surface area contributed by atoms with Crippen molar-refractivity contribution in [1.29, 1.82) is 0 Å². The van der Waals surface area contributed by atoms with Gasteiger partial charge < -0.3 is 15.4 Å². The Bertz CT molecular complexity index is 491. The van der Waals surface area contributed by atoms with Gasteiger partial charge in [0.15, 0.2) is 0 Å². The van der Waals surface area contributed by atoms with Gasteiger partial charge in [0.05, 0.1) is 11.9 Å². The van der Waals surface area contributed by atoms with Gasteiger partial charge >= 0.3 is 0 Å². The predicted octanol–water partition coefficient (Wildman–Crippen LogP) is 1.29. The fraction of sp³-hybridized carbons (Fsp3) is 0.250. The number of aromatic hydroxyl groups is 1. The van der Waals surface area contributed by atoms with E-state index in [4.69, 9.17) is 5.73 Å². The van der Waals surface area contributed by atoms with E-state index in [9.17, 15) is 5.11 Å². The van der Waals surface area contributed by atoms with E-state index in [-0.39, 0.29) is 5.75 Å². The average molecular weight is 217 g/mol. The van der Waals surface area contributed by atoms with Crippen LogP contribution in [0.25, 0.3) is 11.3 Å². The van der Waals surface area contributed by atoms with Crippen LogP contribution in [0.2, 0.25) is 0 Å². The highest BCUT2D eigenvalue weighted by atomic mass is 16.3. The van der Waals surface area contributed by atoms with E-state index in [0.29, 0.717) is 6.54 Å². The molecule has 4 heteroatoms. The van der Waals surface area contributed by atoms with Crippen LogP contribution in [0.4, 0.5) is 0 Å². The highest BCUT2D eigenvalue weighted by Crippen LogP contribution is 2.23. The Morgan fingerprint density at radius 1 is 1.44 bits per heavy atom. The number of benzene rings is 1. The van der Waals surface area contributed by atoms with E-state index in [2.05, 4.69) is 4.98 Å². The third kappa shape index (κ3) is 1.92. The molecule has 0 unspecified atom stereocenters. The Labute approximate surface area is 94.4 Å². The van der Waals surface area contributed by atoms with Gasteiger partial charge in [0.1, 0.15) is 11.6 Å². The van der Waals surface area contributed by atoms with Crippen LogP contribution in [-0.2, 0) is 13.5 Å². The molecule has 1 aromatic heterocycles. The lowest BCUT2D eigenvalue weighted by Crippen LogP contribution is -2.08. The van der Waals surface area contributed by atoms with Crippen molar-refractivity contribution in [2.45, 2.75) is 6.42 Å². The Morgan fingerprint density at radius 2 is 2.25 bits per heavy atom. The van der Waals surface area contributed by atoms with Crippen LogP contribution in [0, 0.1) is 0 Å². The van der Waals surface area contributed by atoms with E-state index in [1.807, 2.05) is 23.7 Å². The summed E-state index contributed by atoms with van der Waals surface area (Å²) in [6, 6.07) is 7.15. The summed E-state index contributed by atoms with van der Waals surface area (Å²) in [6.45, 7) is 0.588. The molecule has 0 saturated carbocycles. The second-order valence-corrected chi connectivity index (χ2v) is 3.71. The number of nitrogens with zero attached hydrogens (tertiary/aromatic N) is 2. The van der Waals surface area contributed by atoms with E-state index in [0.717, 1.165) is 23.5 Å². The summed E-state index contributed by atoms with van der Waals surface area (Å²) in [5.74, 6) is 1.22. The fourth-order valence-corrected chi connectivity index (χ4v) is 1.74. The number of imidazole rings is 1. The van der Waals surface area contributed by atoms with Gasteiger partial charge in [-0.25, -0.2) is 4.98 Å². The van der Waals surface area contributed by atoms with Crippen molar-refractivity contribution < 1.29 is 5.11 Å². The molecule has 0 atom stereocenters. The number of aromatic nitrogens is 2. The Hall–Kier alpha value is -1.81. The SMILES string of the molecule is Cn1c(-c2cccc(O)c2)cnc1CCN. The van der Waals surface area contributed by atoms with Gasteiger partial charge in [-0.3, -0.25) is 0 Å². The highest BCUT2D eigenvalue weighted by Gasteiger charge is 2.07. The number of nitrogens with two attached hydrogens (primary N) is 1. The van der Waals surface area contributed by atoms with Crippen LogP contribution < -0.4 is 5.73 Å². The largest absolute Gasteiger partial charge is 0.508 e. The van der Waals surface area contributed by atoms with Crippen molar-refractivity contribution in [1.82, 2.24) is 9.55 Å². The van der Waals surface area contributed by atoms with Crippen LogP contribution in [0.3, 0.4) is 0 Å². The molecular weight excluding hydrogens is 202 g/mol. The molecule has 0 fully saturated rings. The molecule has 0 saturated heterocycles. The van der Waals surface area contributed by atoms with Crippen molar-refractivity contribution in [2.24, 2.45) is 12.8 Å². The maximum absolute atomic E-state index is 9.43. The molecule has 2 rings (SSSR count). The number of hydrogen-bond donors (Lipinski definition) is 2. The van der Waals surface area contributed by atoms with Crippen molar-refractivity contribution in [3.63, 3.8) is 0 Å². The first-order chi connectivity index (χ1) is 7.72. The first-order valence-corrected chi connectivity index (χ1v) is 5.22. The molecule has 1 heterocycles. The molecule has 0 amide bonds. The van der Waals surface area contributed by atoms with Crippen molar-refractivity contribution in [3.05, 3.63) is 36.3 Å². The van der Waals surface area contributed by atoms with Crippen molar-refractivity contribution in [3.8, 4) is 17.0 Å². The molecule has 0 bridgehead atoms. The third-order valence-corrected chi connectivity index (χ3v) is 2.59. The zero-order chi connectivity index (χ0) is 11.5. The van der Waals surface area contributed by atoms with E-state index in [1.165, 1.54) is 0 Å². The topological polar surface area (TPSA) is 64.1 Å². The molecule has 2 aromatic rings. The molecule has 1 aromatic carbocycles. The van der Waals surface area contributed by atoms with Gasteiger partial charge in [-0.15, -0.1) is 0 Å². The second-order valence-electron chi connectivity index (χ2n) is 3.71. The lowest BCUT2D eigenvalue weighted by molar-refractivity contribution is 0.475. The lowest BCUT2D eigenvalue weighted by atomic mass is 10.1. The molecule has 3 N–H and O–H groups in total. The van der Waals surface area contributed by atoms with Crippen molar-refractivity contribution in [2.75, 3.05) is 6.54 Å². The first kappa shape index (κ1) is 10.7. The molecule has 0 spiro atoms. The minimum atomic E-state index is 0.263. The van der Waals surface area contributed by atoms with Crippen LogP contribution in [-0.4, -0.2) is 21.2 Å². The van der Waals surface area contributed by atoms with E-state index in [1.54, 1.807) is 18.3 Å². The van der Waals surface area contributed by atoms with Crippen LogP contribution in [0.15, 0.2) is 30.5 Å². The smallest absolute Gasteiger partial charge is 0.116 e. The number of phenols is 1. The summed E-state index contributed by atoms with van der Waals surface area (Å²) in [4.78, 5) is 4.31. The number of hydrogen-bond acceptors (Lipinski definition) is 3. The zero-order valence-electron chi connectivity index (χ0n) is 9.22. The molecule has 0 aliphatic rings. The average Bonchev–Trinajstić information content (AvgIpc) is 2.61. The Kier molecular flexibility index (Phi) is 2.92. The summed E-state index contributed by atoms with van der Waals surface area (Å²) in [5, 5.41) is 9.43. The lowest BCUT2D eigenvalue weighted by Gasteiger charge is -2.05. The Morgan fingerprint density at radius 3 is 2.94 bits per heavy atom. The highest BCUT2D eigenvalue weighted by molar-refractivity contribution is 5.61. The first-order valence-electron chi connectivity index (χ1n) is 5.22. The van der Waals surface area contributed by atoms with Crippen molar-refractivity contribution >= 4 is 0 Å². The summed E-state index contributed by atoms with van der Waals surface area (Å²) in [6.07, 6.45) is 2.56. The molecular formula is C12H15N3O. The van der Waals surface area contributed by atoms with E-state index >= 15 is 0 Å². The second kappa shape index (κ2) is 4.37. The molecule has 0 radical (unpaired) electrons. The van der Waals surface area contributed by atoms with Crippen LogP contribution >= 0.6 is 0 Å². The maximum atomic E-state index is 9.43. The van der Waals surface area contributed by atoms with Gasteiger partial charge in [0.25, 0.3) is 0 Å². The number of rotatable bonds is 3. The monoisotopic (exact) mass is 217 g/mol. The summed E-state index contributed by atoms with van der Waals surface area (Å²) in [7, 11) is 1.96. The summed E-state index contributed by atoms with van der Waals surface area (Å²) in [5.41, 5.74) is 7.45. The quantitative estimate of drug-likeness (QED) is 0.814. The minimum absolute atomic E-state index is 0.263. The van der Waals surface area contributed by atoms with Crippen LogP contribution in [0.1, 0.15) is 5.82 Å². The van der Waals surface area contributed by atoms with Gasteiger partial charge in [0.2, 0.25) is 0 Å². The minimum Gasteiger partial charge on any atom is -0.508 e. The maximum Gasteiger partial charge on any atom is 0.116 e. The number of phenolic OH excluding ortho intramolecular Hbond substituents is 1. The van der Waals surface area contributed by atoms with E-state index < -0.39 is 0 Å². The van der Waals surface area contributed by atoms with Gasteiger partial charge in [0, 0.05) is 19.0 Å².